The van der Waals surface area contributed by atoms with Crippen LogP contribution in [0, 0.1) is 0 Å². The summed E-state index contributed by atoms with van der Waals surface area (Å²) in [6.07, 6.45) is 43.1. The average molecular weight is 739 g/mol. The third kappa shape index (κ3) is 37.5. The van der Waals surface area contributed by atoms with Crippen LogP contribution in [0.1, 0.15) is 136 Å². The number of phosphoric acid groups is 1. The molecular formula is C41H71O9P. The summed E-state index contributed by atoms with van der Waals surface area (Å²) >= 11 is 0. The van der Waals surface area contributed by atoms with Gasteiger partial charge in [0.15, 0.2) is 0 Å². The van der Waals surface area contributed by atoms with Crippen LogP contribution in [0.2, 0.25) is 0 Å². The van der Waals surface area contributed by atoms with Crippen LogP contribution in [-0.2, 0) is 27.9 Å². The molecule has 294 valence electrons. The molecule has 0 fully saturated rings. The van der Waals surface area contributed by atoms with E-state index in [4.69, 9.17) is 23.6 Å². The van der Waals surface area contributed by atoms with E-state index in [0.717, 1.165) is 89.9 Å². The molecule has 3 unspecified atom stereocenters. The van der Waals surface area contributed by atoms with Crippen molar-refractivity contribution in [2.75, 3.05) is 33.0 Å². The lowest BCUT2D eigenvalue weighted by Gasteiger charge is -2.20. The van der Waals surface area contributed by atoms with Gasteiger partial charge >= 0.3 is 13.8 Å². The monoisotopic (exact) mass is 738 g/mol. The van der Waals surface area contributed by atoms with E-state index in [2.05, 4.69) is 86.8 Å². The molecule has 9 nitrogen and oxygen atoms in total. The minimum atomic E-state index is -4.52. The summed E-state index contributed by atoms with van der Waals surface area (Å²) in [6.45, 7) is 3.25. The highest BCUT2D eigenvalue weighted by atomic mass is 31.2. The summed E-state index contributed by atoms with van der Waals surface area (Å²) in [6, 6.07) is 0. The van der Waals surface area contributed by atoms with Crippen molar-refractivity contribution in [3.63, 3.8) is 0 Å². The Hall–Kier alpha value is -2.10. The molecule has 0 heterocycles. The molecule has 0 aromatic rings. The van der Waals surface area contributed by atoms with E-state index >= 15 is 0 Å². The molecule has 0 spiro atoms. The summed E-state index contributed by atoms with van der Waals surface area (Å²) in [5.74, 6) is -0.404. The number of hydrogen-bond donors (Lipinski definition) is 3. The topological polar surface area (TPSA) is 132 Å². The van der Waals surface area contributed by atoms with Crippen molar-refractivity contribution in [1.29, 1.82) is 0 Å². The van der Waals surface area contributed by atoms with Crippen LogP contribution in [-0.4, -0.2) is 66.3 Å². The van der Waals surface area contributed by atoms with Gasteiger partial charge in [-0.25, -0.2) is 4.57 Å². The van der Waals surface area contributed by atoms with Gasteiger partial charge in [0.2, 0.25) is 0 Å². The molecule has 0 radical (unpaired) electrons. The van der Waals surface area contributed by atoms with Crippen LogP contribution in [0.4, 0.5) is 0 Å². The molecular weight excluding hydrogens is 667 g/mol. The van der Waals surface area contributed by atoms with Gasteiger partial charge in [0.25, 0.3) is 0 Å². The van der Waals surface area contributed by atoms with E-state index in [1.807, 2.05) is 0 Å². The number of unbranched alkanes of at least 4 members (excludes halogenated alkanes) is 10. The van der Waals surface area contributed by atoms with Crippen molar-refractivity contribution in [3.05, 3.63) is 72.9 Å². The first kappa shape index (κ1) is 48.9. The molecule has 3 N–H and O–H groups in total. The number of rotatable bonds is 36. The van der Waals surface area contributed by atoms with Crippen molar-refractivity contribution in [2.24, 2.45) is 0 Å². The Morgan fingerprint density at radius 2 is 1.12 bits per heavy atom. The van der Waals surface area contributed by atoms with E-state index in [9.17, 15) is 19.4 Å². The van der Waals surface area contributed by atoms with Crippen LogP contribution < -0.4 is 0 Å². The van der Waals surface area contributed by atoms with Gasteiger partial charge in [-0.15, -0.1) is 0 Å². The number of phosphoric ester groups is 1. The van der Waals surface area contributed by atoms with Gasteiger partial charge in [-0.3, -0.25) is 13.8 Å². The highest BCUT2D eigenvalue weighted by molar-refractivity contribution is 7.47. The Morgan fingerprint density at radius 3 is 1.67 bits per heavy atom. The van der Waals surface area contributed by atoms with Gasteiger partial charge in [0, 0.05) is 13.0 Å². The van der Waals surface area contributed by atoms with E-state index in [1.165, 1.54) is 25.7 Å². The Bertz CT molecular complexity index is 1020. The second kappa shape index (κ2) is 37.7. The van der Waals surface area contributed by atoms with Crippen molar-refractivity contribution in [2.45, 2.75) is 148 Å². The maximum atomic E-state index is 12.5. The summed E-state index contributed by atoms with van der Waals surface area (Å²) in [5, 5.41) is 18.3. The summed E-state index contributed by atoms with van der Waals surface area (Å²) < 4.78 is 33.1. The van der Waals surface area contributed by atoms with Gasteiger partial charge < -0.3 is 24.6 Å². The first-order valence-electron chi connectivity index (χ1n) is 19.4. The Balaban J connectivity index is 4.22. The molecule has 0 aliphatic carbocycles. The number of carbonyl (C=O) groups is 1. The predicted octanol–water partition coefficient (Wildman–Crippen LogP) is 10.2. The average Bonchev–Trinajstić information content (AvgIpc) is 3.12. The zero-order chi connectivity index (χ0) is 37.5. The fraction of sp³-hybridized carbons (Fsp3) is 0.683. The SMILES string of the molecule is CC/C=C\C/C=C\C/C=C\C/C=C\C/C=C\C/C=C\CCCCCOCC(COP(=O)(O)OCC(O)CO)OC(=O)CCCCCCCCCC. The van der Waals surface area contributed by atoms with Crippen molar-refractivity contribution >= 4 is 13.8 Å². The fourth-order valence-electron chi connectivity index (χ4n) is 4.71. The number of aliphatic hydroxyl groups excluding tert-OH is 2. The maximum Gasteiger partial charge on any atom is 0.472 e. The third-order valence-electron chi connectivity index (χ3n) is 7.66. The van der Waals surface area contributed by atoms with Gasteiger partial charge in [-0.1, -0.05) is 138 Å². The molecule has 0 saturated carbocycles. The van der Waals surface area contributed by atoms with Crippen LogP contribution in [0.5, 0.6) is 0 Å². The van der Waals surface area contributed by atoms with Crippen molar-refractivity contribution in [3.8, 4) is 0 Å². The molecule has 0 aliphatic heterocycles. The second-order valence-corrected chi connectivity index (χ2v) is 14.0. The summed E-state index contributed by atoms with van der Waals surface area (Å²) in [4.78, 5) is 22.4. The molecule has 0 aliphatic rings. The lowest BCUT2D eigenvalue weighted by Crippen LogP contribution is -2.29. The van der Waals surface area contributed by atoms with Crippen LogP contribution in [0.25, 0.3) is 0 Å². The van der Waals surface area contributed by atoms with Crippen LogP contribution in [0.15, 0.2) is 72.9 Å². The van der Waals surface area contributed by atoms with Gasteiger partial charge in [0.05, 0.1) is 26.4 Å². The number of hydrogen-bond acceptors (Lipinski definition) is 8. The van der Waals surface area contributed by atoms with Crippen molar-refractivity contribution in [1.82, 2.24) is 0 Å². The van der Waals surface area contributed by atoms with E-state index in [0.29, 0.717) is 6.61 Å². The Morgan fingerprint density at radius 1 is 0.627 bits per heavy atom. The van der Waals surface area contributed by atoms with Crippen LogP contribution in [0.3, 0.4) is 0 Å². The van der Waals surface area contributed by atoms with Crippen LogP contribution >= 0.6 is 7.82 Å². The number of ether oxygens (including phenoxy) is 2. The normalized spacial score (nSPS) is 15.0. The van der Waals surface area contributed by atoms with E-state index in [-0.39, 0.29) is 13.0 Å². The molecule has 0 aromatic heterocycles. The smallest absolute Gasteiger partial charge is 0.457 e. The maximum absolute atomic E-state index is 12.5. The van der Waals surface area contributed by atoms with E-state index in [1.54, 1.807) is 0 Å². The number of allylic oxidation sites excluding steroid dienone is 12. The molecule has 0 bridgehead atoms. The zero-order valence-electron chi connectivity index (χ0n) is 31.8. The first-order chi connectivity index (χ1) is 24.8. The lowest BCUT2D eigenvalue weighted by molar-refractivity contribution is -0.154. The zero-order valence-corrected chi connectivity index (χ0v) is 32.7. The molecule has 3 atom stereocenters. The molecule has 0 saturated heterocycles. The molecule has 0 rings (SSSR count). The van der Waals surface area contributed by atoms with Crippen molar-refractivity contribution < 1.29 is 43.0 Å². The molecule has 51 heavy (non-hydrogen) atoms. The standard InChI is InChI=1S/C41H71O9P/c1-3-5-7-9-11-13-14-15-16-17-18-19-20-21-22-23-24-25-26-28-30-32-34-47-37-40(38-49-51(45,46)48-36-39(43)35-42)50-41(44)33-31-29-27-12-10-8-6-4-2/h5,7,11,13,15-16,18-19,21-22,24-25,39-40,42-43H,3-4,6,8-10,12,14,17,20,23,26-38H2,1-2H3,(H,45,46)/b7-5-,13-11-,16-15-,19-18-,22-21-,25-24-. The minimum absolute atomic E-state index is 0.0234. The molecule has 10 heteroatoms. The number of carbonyl (C=O) groups excluding carboxylic acids is 1. The Labute approximate surface area is 310 Å². The van der Waals surface area contributed by atoms with Gasteiger partial charge in [-0.05, 0) is 64.2 Å². The number of aliphatic hydroxyl groups is 2. The quantitative estimate of drug-likeness (QED) is 0.0249. The highest BCUT2D eigenvalue weighted by Crippen LogP contribution is 2.43. The summed E-state index contributed by atoms with van der Waals surface area (Å²) in [7, 11) is -4.52. The largest absolute Gasteiger partial charge is 0.472 e. The molecule has 0 amide bonds. The number of esters is 1. The van der Waals surface area contributed by atoms with Gasteiger partial charge in [0.1, 0.15) is 12.2 Å². The minimum Gasteiger partial charge on any atom is -0.457 e. The Kier molecular flexibility index (Phi) is 36.1. The molecule has 0 aromatic carbocycles. The summed E-state index contributed by atoms with van der Waals surface area (Å²) in [5.41, 5.74) is 0. The second-order valence-electron chi connectivity index (χ2n) is 12.6. The van der Waals surface area contributed by atoms with Gasteiger partial charge in [-0.2, -0.15) is 0 Å². The predicted molar refractivity (Wildman–Crippen MR) is 209 cm³/mol. The first-order valence-corrected chi connectivity index (χ1v) is 20.9. The third-order valence-corrected chi connectivity index (χ3v) is 8.61. The lowest BCUT2D eigenvalue weighted by atomic mass is 10.1. The highest BCUT2D eigenvalue weighted by Gasteiger charge is 2.26. The van der Waals surface area contributed by atoms with E-state index < -0.39 is 45.8 Å². The fourth-order valence-corrected chi connectivity index (χ4v) is 5.50.